The van der Waals surface area contributed by atoms with Crippen molar-refractivity contribution in [2.24, 2.45) is 5.92 Å². The fraction of sp³-hybridized carbons (Fsp3) is 0.375. The van der Waals surface area contributed by atoms with Gasteiger partial charge in [0, 0.05) is 50.9 Å². The molecular weight excluding hydrogens is 481 g/mol. The van der Waals surface area contributed by atoms with Gasteiger partial charge in [-0.1, -0.05) is 11.3 Å². The molecule has 0 spiro atoms. The van der Waals surface area contributed by atoms with E-state index in [1.165, 1.54) is 40.1 Å². The van der Waals surface area contributed by atoms with Crippen LogP contribution in [0.4, 0.5) is 24.0 Å². The number of thiazole rings is 1. The molecule has 1 aromatic heterocycles. The summed E-state index contributed by atoms with van der Waals surface area (Å²) in [4.78, 5) is 35.8. The molecule has 3 aromatic rings. The number of ether oxygens (including phenoxy) is 1. The second-order valence-electron chi connectivity index (χ2n) is 8.56. The summed E-state index contributed by atoms with van der Waals surface area (Å²) in [5.41, 5.74) is 0.523. The van der Waals surface area contributed by atoms with Crippen molar-refractivity contribution in [3.05, 3.63) is 53.8 Å². The number of halogens is 3. The zero-order valence-electron chi connectivity index (χ0n) is 18.8. The lowest BCUT2D eigenvalue weighted by molar-refractivity contribution is -0.124. The highest BCUT2D eigenvalue weighted by Gasteiger charge is 2.38. The van der Waals surface area contributed by atoms with Crippen molar-refractivity contribution in [1.29, 1.82) is 0 Å². The Kier molecular flexibility index (Phi) is 6.72. The summed E-state index contributed by atoms with van der Waals surface area (Å²) in [5, 5.41) is 0.260. The summed E-state index contributed by atoms with van der Waals surface area (Å²) in [5.74, 6) is -3.11. The predicted molar refractivity (Wildman–Crippen MR) is 126 cm³/mol. The number of aromatic nitrogens is 1. The van der Waals surface area contributed by atoms with Crippen molar-refractivity contribution >= 4 is 44.2 Å². The van der Waals surface area contributed by atoms with E-state index in [-0.39, 0.29) is 42.0 Å². The van der Waals surface area contributed by atoms with Gasteiger partial charge in [0.2, 0.25) is 11.8 Å². The van der Waals surface area contributed by atoms with Crippen molar-refractivity contribution in [2.75, 3.05) is 55.7 Å². The highest BCUT2D eigenvalue weighted by atomic mass is 32.1. The molecule has 0 saturated carbocycles. The molecule has 2 aliphatic rings. The van der Waals surface area contributed by atoms with E-state index in [2.05, 4.69) is 9.88 Å². The van der Waals surface area contributed by atoms with Crippen LogP contribution in [0.3, 0.4) is 0 Å². The molecule has 7 nitrogen and oxygen atoms in total. The number of rotatable bonds is 6. The van der Waals surface area contributed by atoms with Gasteiger partial charge >= 0.3 is 0 Å². The normalized spacial score (nSPS) is 19.0. The molecule has 35 heavy (non-hydrogen) atoms. The summed E-state index contributed by atoms with van der Waals surface area (Å²) in [6.45, 7) is 3.62. The van der Waals surface area contributed by atoms with Crippen molar-refractivity contribution in [3.63, 3.8) is 0 Å². The third-order valence-electron chi connectivity index (χ3n) is 6.25. The first-order chi connectivity index (χ1) is 16.9. The van der Waals surface area contributed by atoms with Crippen LogP contribution in [0.5, 0.6) is 0 Å². The van der Waals surface area contributed by atoms with E-state index >= 15 is 0 Å². The molecule has 1 unspecified atom stereocenters. The van der Waals surface area contributed by atoms with Gasteiger partial charge in [0.15, 0.2) is 10.9 Å². The van der Waals surface area contributed by atoms with Gasteiger partial charge in [-0.25, -0.2) is 18.2 Å². The molecule has 0 aliphatic carbocycles. The lowest BCUT2D eigenvalue weighted by atomic mass is 10.1. The number of morpholine rings is 1. The van der Waals surface area contributed by atoms with E-state index in [0.717, 1.165) is 30.5 Å². The van der Waals surface area contributed by atoms with E-state index in [0.29, 0.717) is 30.1 Å². The Labute approximate surface area is 203 Å². The summed E-state index contributed by atoms with van der Waals surface area (Å²) >= 11 is 1.04. The van der Waals surface area contributed by atoms with Gasteiger partial charge in [0.25, 0.3) is 0 Å². The number of hydrogen-bond donors (Lipinski definition) is 0. The minimum absolute atomic E-state index is 0.00184. The van der Waals surface area contributed by atoms with Crippen molar-refractivity contribution in [3.8, 4) is 0 Å². The molecule has 11 heteroatoms. The van der Waals surface area contributed by atoms with Crippen LogP contribution in [0.2, 0.25) is 0 Å². The number of carbonyl (C=O) groups is 2. The number of anilines is 2. The van der Waals surface area contributed by atoms with Crippen LogP contribution in [-0.2, 0) is 14.3 Å². The monoisotopic (exact) mass is 504 g/mol. The highest BCUT2D eigenvalue weighted by molar-refractivity contribution is 7.22. The van der Waals surface area contributed by atoms with Crippen LogP contribution < -0.4 is 9.80 Å². The number of hydrogen-bond acceptors (Lipinski definition) is 6. The fourth-order valence-corrected chi connectivity index (χ4v) is 5.43. The standard InChI is InChI=1S/C24H23F3N4O3S/c25-16-1-3-18(4-2-16)31-14-15(11-21(31)32)23(33)30(6-5-29-7-9-34-10-8-29)24-28-22-19(27)12-17(26)13-20(22)35-24/h1-4,12-13,15H,5-11,14H2. The number of carbonyl (C=O) groups excluding carboxylic acids is 2. The smallest absolute Gasteiger partial charge is 0.234 e. The molecule has 0 radical (unpaired) electrons. The van der Waals surface area contributed by atoms with E-state index < -0.39 is 23.4 Å². The first kappa shape index (κ1) is 23.7. The zero-order chi connectivity index (χ0) is 24.5. The van der Waals surface area contributed by atoms with Crippen molar-refractivity contribution in [1.82, 2.24) is 9.88 Å². The second kappa shape index (κ2) is 9.92. The SMILES string of the molecule is O=C1CC(C(=O)N(CCN2CCOCC2)c2nc3c(F)cc(F)cc3s2)CN1c1ccc(F)cc1. The first-order valence-electron chi connectivity index (χ1n) is 11.3. The molecule has 2 aromatic carbocycles. The van der Waals surface area contributed by atoms with Crippen molar-refractivity contribution in [2.45, 2.75) is 6.42 Å². The summed E-state index contributed by atoms with van der Waals surface area (Å²) in [6, 6.07) is 7.49. The second-order valence-corrected chi connectivity index (χ2v) is 9.57. The van der Waals surface area contributed by atoms with Crippen molar-refractivity contribution < 1.29 is 27.5 Å². The largest absolute Gasteiger partial charge is 0.379 e. The van der Waals surface area contributed by atoms with Crippen LogP contribution in [-0.4, -0.2) is 67.6 Å². The summed E-state index contributed by atoms with van der Waals surface area (Å²) in [6.07, 6.45) is -0.00184. The average molecular weight is 505 g/mol. The third kappa shape index (κ3) is 5.02. The number of benzene rings is 2. The Morgan fingerprint density at radius 1 is 1.11 bits per heavy atom. The Morgan fingerprint density at radius 3 is 2.60 bits per heavy atom. The quantitative estimate of drug-likeness (QED) is 0.515. The summed E-state index contributed by atoms with van der Waals surface area (Å²) < 4.78 is 47.1. The van der Waals surface area contributed by atoms with Gasteiger partial charge in [0.1, 0.15) is 17.2 Å². The van der Waals surface area contributed by atoms with E-state index in [1.54, 1.807) is 0 Å². The molecule has 0 N–H and O–H groups in total. The maximum absolute atomic E-state index is 14.3. The Morgan fingerprint density at radius 2 is 1.86 bits per heavy atom. The van der Waals surface area contributed by atoms with Gasteiger partial charge in [-0.05, 0) is 30.3 Å². The van der Waals surface area contributed by atoms with Crippen LogP contribution in [0.1, 0.15) is 6.42 Å². The minimum Gasteiger partial charge on any atom is -0.379 e. The van der Waals surface area contributed by atoms with Crippen LogP contribution in [0.15, 0.2) is 36.4 Å². The molecule has 2 fully saturated rings. The Hall–Kier alpha value is -3.02. The maximum atomic E-state index is 14.3. The number of fused-ring (bicyclic) bond motifs is 1. The molecule has 2 aliphatic heterocycles. The van der Waals surface area contributed by atoms with Gasteiger partial charge in [0.05, 0.1) is 23.8 Å². The summed E-state index contributed by atoms with van der Waals surface area (Å²) in [7, 11) is 0. The number of amides is 2. The molecule has 2 amide bonds. The van der Waals surface area contributed by atoms with Gasteiger partial charge in [-0.15, -0.1) is 0 Å². The molecule has 3 heterocycles. The Bertz CT molecular complexity index is 1250. The van der Waals surface area contributed by atoms with E-state index in [1.807, 2.05) is 0 Å². The zero-order valence-corrected chi connectivity index (χ0v) is 19.6. The van der Waals surface area contributed by atoms with Gasteiger partial charge in [-0.3, -0.25) is 19.4 Å². The topological polar surface area (TPSA) is 66.0 Å². The highest BCUT2D eigenvalue weighted by Crippen LogP contribution is 2.34. The molecule has 1 atom stereocenters. The third-order valence-corrected chi connectivity index (χ3v) is 7.28. The van der Waals surface area contributed by atoms with E-state index in [9.17, 15) is 22.8 Å². The number of nitrogens with zero attached hydrogens (tertiary/aromatic N) is 4. The lowest BCUT2D eigenvalue weighted by Crippen LogP contribution is -2.45. The van der Waals surface area contributed by atoms with Gasteiger partial charge < -0.3 is 9.64 Å². The van der Waals surface area contributed by atoms with Gasteiger partial charge in [-0.2, -0.15) is 0 Å². The molecule has 5 rings (SSSR count). The van der Waals surface area contributed by atoms with E-state index in [4.69, 9.17) is 4.74 Å². The minimum atomic E-state index is -0.790. The van der Waals surface area contributed by atoms with Crippen LogP contribution in [0.25, 0.3) is 10.2 Å². The lowest BCUT2D eigenvalue weighted by Gasteiger charge is -2.30. The fourth-order valence-electron chi connectivity index (χ4n) is 4.39. The Balaban J connectivity index is 1.41. The average Bonchev–Trinajstić information content (AvgIpc) is 3.44. The molecule has 184 valence electrons. The molecule has 0 bridgehead atoms. The molecule has 2 saturated heterocycles. The predicted octanol–water partition coefficient (Wildman–Crippen LogP) is 3.43. The maximum Gasteiger partial charge on any atom is 0.234 e. The first-order valence-corrected chi connectivity index (χ1v) is 12.1. The molecular formula is C24H23F3N4O3S. The van der Waals surface area contributed by atoms with Crippen LogP contribution in [0, 0.1) is 23.4 Å². The van der Waals surface area contributed by atoms with Crippen LogP contribution >= 0.6 is 11.3 Å².